The second-order valence-corrected chi connectivity index (χ2v) is 8.82. The minimum Gasteiger partial charge on any atom is -0.348 e. The number of thioether (sulfide) groups is 1. The zero-order valence-corrected chi connectivity index (χ0v) is 16.6. The third-order valence-electron chi connectivity index (χ3n) is 4.74. The van der Waals surface area contributed by atoms with Gasteiger partial charge in [-0.05, 0) is 48.8 Å². The minimum absolute atomic E-state index is 0.0117. The summed E-state index contributed by atoms with van der Waals surface area (Å²) in [5, 5.41) is 13.7. The highest BCUT2D eigenvalue weighted by Crippen LogP contribution is 2.31. The Labute approximate surface area is 166 Å². The molecule has 3 aromatic rings. The van der Waals surface area contributed by atoms with Crippen LogP contribution in [0.15, 0.2) is 46.9 Å². The van der Waals surface area contributed by atoms with Gasteiger partial charge in [-0.3, -0.25) is 4.79 Å². The van der Waals surface area contributed by atoms with E-state index >= 15 is 0 Å². The molecule has 8 heteroatoms. The monoisotopic (exact) mass is 399 g/mol. The number of nitrogen functional groups attached to an aromatic ring is 1. The van der Waals surface area contributed by atoms with Crippen LogP contribution in [0.3, 0.4) is 0 Å². The minimum atomic E-state index is -0.318. The van der Waals surface area contributed by atoms with Crippen molar-refractivity contribution in [2.75, 3.05) is 5.84 Å². The van der Waals surface area contributed by atoms with Crippen molar-refractivity contribution >= 4 is 29.0 Å². The molecule has 0 saturated heterocycles. The molecular formula is C19H21N5OS2. The van der Waals surface area contributed by atoms with Gasteiger partial charge in [0, 0.05) is 0 Å². The Kier molecular flexibility index (Phi) is 5.18. The Morgan fingerprint density at radius 3 is 3.00 bits per heavy atom. The summed E-state index contributed by atoms with van der Waals surface area (Å²) in [4.78, 5) is 13.7. The van der Waals surface area contributed by atoms with Crippen LogP contribution in [0.5, 0.6) is 0 Å². The second kappa shape index (κ2) is 7.74. The summed E-state index contributed by atoms with van der Waals surface area (Å²) in [5.41, 5.74) is 2.56. The molecule has 6 nitrogen and oxygen atoms in total. The van der Waals surface area contributed by atoms with Crippen molar-refractivity contribution in [2.24, 2.45) is 0 Å². The predicted molar refractivity (Wildman–Crippen MR) is 109 cm³/mol. The van der Waals surface area contributed by atoms with Crippen LogP contribution in [-0.2, 0) is 11.2 Å². The van der Waals surface area contributed by atoms with E-state index in [1.165, 1.54) is 27.6 Å². The van der Waals surface area contributed by atoms with Crippen LogP contribution in [0.2, 0.25) is 0 Å². The number of nitrogens with one attached hydrogen (secondary N) is 1. The first-order valence-corrected chi connectivity index (χ1v) is 10.7. The van der Waals surface area contributed by atoms with Gasteiger partial charge in [0.2, 0.25) is 11.1 Å². The van der Waals surface area contributed by atoms with E-state index in [1.807, 2.05) is 30.5 Å². The smallest absolute Gasteiger partial charge is 0.233 e. The number of benzene rings is 1. The maximum Gasteiger partial charge on any atom is 0.233 e. The van der Waals surface area contributed by atoms with Crippen molar-refractivity contribution in [3.05, 3.63) is 52.9 Å². The van der Waals surface area contributed by atoms with Gasteiger partial charge in [0.15, 0.2) is 5.82 Å². The molecule has 3 N–H and O–H groups in total. The Bertz CT molecular complexity index is 937. The third-order valence-corrected chi connectivity index (χ3v) is 6.67. The number of hydrogen-bond donors (Lipinski definition) is 2. The largest absolute Gasteiger partial charge is 0.348 e. The topological polar surface area (TPSA) is 85.8 Å². The van der Waals surface area contributed by atoms with E-state index < -0.39 is 0 Å². The van der Waals surface area contributed by atoms with Gasteiger partial charge in [-0.25, -0.2) is 4.68 Å². The van der Waals surface area contributed by atoms with Crippen LogP contribution in [-0.4, -0.2) is 26.0 Å². The number of aromatic nitrogens is 3. The van der Waals surface area contributed by atoms with Crippen molar-refractivity contribution in [3.8, 4) is 10.7 Å². The fraction of sp³-hybridized carbons (Fsp3) is 0.316. The van der Waals surface area contributed by atoms with Gasteiger partial charge in [-0.1, -0.05) is 42.1 Å². The molecule has 0 spiro atoms. The molecule has 1 aromatic carbocycles. The number of carbonyl (C=O) groups is 1. The molecule has 2 aromatic heterocycles. The first-order valence-electron chi connectivity index (χ1n) is 8.92. The summed E-state index contributed by atoms with van der Waals surface area (Å²) in [5.74, 6) is 6.74. The molecule has 0 radical (unpaired) electrons. The number of nitrogens with two attached hydrogens (primary N) is 1. The normalized spacial score (nSPS) is 17.3. The number of hydrogen-bond acceptors (Lipinski definition) is 6. The average molecular weight is 400 g/mol. The summed E-state index contributed by atoms with van der Waals surface area (Å²) < 4.78 is 1.45. The molecular weight excluding hydrogens is 378 g/mol. The predicted octanol–water partition coefficient (Wildman–Crippen LogP) is 3.39. The van der Waals surface area contributed by atoms with Gasteiger partial charge < -0.3 is 11.2 Å². The highest BCUT2D eigenvalue weighted by Gasteiger charge is 2.25. The molecule has 2 unspecified atom stereocenters. The molecule has 1 aliphatic rings. The molecule has 0 bridgehead atoms. The lowest BCUT2D eigenvalue weighted by molar-refractivity contribution is -0.121. The van der Waals surface area contributed by atoms with Gasteiger partial charge in [0.25, 0.3) is 0 Å². The number of aryl methyl sites for hydroxylation is 1. The number of amides is 1. The van der Waals surface area contributed by atoms with E-state index in [0.717, 1.165) is 24.1 Å². The summed E-state index contributed by atoms with van der Waals surface area (Å²) >= 11 is 2.88. The zero-order valence-electron chi connectivity index (χ0n) is 15.0. The van der Waals surface area contributed by atoms with Crippen molar-refractivity contribution in [1.29, 1.82) is 0 Å². The number of fused-ring (bicyclic) bond motifs is 1. The van der Waals surface area contributed by atoms with Crippen molar-refractivity contribution in [2.45, 2.75) is 42.6 Å². The number of carbonyl (C=O) groups excluding carboxylic acids is 1. The fourth-order valence-corrected chi connectivity index (χ4v) is 4.82. The van der Waals surface area contributed by atoms with Crippen LogP contribution in [0, 0.1) is 0 Å². The molecule has 0 saturated carbocycles. The van der Waals surface area contributed by atoms with E-state index in [-0.39, 0.29) is 17.2 Å². The number of rotatable bonds is 5. The second-order valence-electron chi connectivity index (χ2n) is 6.57. The quantitative estimate of drug-likeness (QED) is 0.507. The van der Waals surface area contributed by atoms with Crippen molar-refractivity contribution in [1.82, 2.24) is 20.2 Å². The number of thiophene rings is 1. The van der Waals surface area contributed by atoms with Crippen LogP contribution in [0.4, 0.5) is 0 Å². The third kappa shape index (κ3) is 3.72. The van der Waals surface area contributed by atoms with Crippen molar-refractivity contribution < 1.29 is 4.79 Å². The summed E-state index contributed by atoms with van der Waals surface area (Å²) in [6.45, 7) is 1.87. The lowest BCUT2D eigenvalue weighted by Gasteiger charge is -2.27. The van der Waals surface area contributed by atoms with Crippen LogP contribution in [0.1, 0.15) is 36.9 Å². The molecule has 0 fully saturated rings. The summed E-state index contributed by atoms with van der Waals surface area (Å²) in [6, 6.07) is 12.3. The Hall–Kier alpha value is -2.32. The highest BCUT2D eigenvalue weighted by atomic mass is 32.2. The van der Waals surface area contributed by atoms with Gasteiger partial charge in [-0.2, -0.15) is 0 Å². The fourth-order valence-electron chi connectivity index (χ4n) is 3.34. The molecule has 27 heavy (non-hydrogen) atoms. The van der Waals surface area contributed by atoms with Gasteiger partial charge in [0.1, 0.15) is 0 Å². The van der Waals surface area contributed by atoms with E-state index in [9.17, 15) is 4.79 Å². The van der Waals surface area contributed by atoms with Crippen LogP contribution < -0.4 is 11.2 Å². The lowest BCUT2D eigenvalue weighted by atomic mass is 9.88. The first kappa shape index (κ1) is 18.1. The maximum atomic E-state index is 12.7. The highest BCUT2D eigenvalue weighted by molar-refractivity contribution is 8.00. The van der Waals surface area contributed by atoms with Gasteiger partial charge >= 0.3 is 0 Å². The van der Waals surface area contributed by atoms with Crippen LogP contribution >= 0.6 is 23.1 Å². The molecule has 4 rings (SSSR count). The van der Waals surface area contributed by atoms with E-state index in [4.69, 9.17) is 5.84 Å². The van der Waals surface area contributed by atoms with E-state index in [0.29, 0.717) is 11.0 Å². The van der Waals surface area contributed by atoms with E-state index in [2.05, 4.69) is 33.7 Å². The molecule has 2 atom stereocenters. The number of nitrogens with zero attached hydrogens (tertiary/aromatic N) is 3. The maximum absolute atomic E-state index is 12.7. The van der Waals surface area contributed by atoms with Crippen LogP contribution in [0.25, 0.3) is 10.7 Å². The summed E-state index contributed by atoms with van der Waals surface area (Å²) in [6.07, 6.45) is 3.13. The standard InChI is InChI=1S/C19H21N5OS2/c1-12(27-19-23-22-17(24(19)20)16-10-5-11-26-16)18(25)21-15-9-4-7-13-6-2-3-8-14(13)15/h2-3,5-6,8,10-12,15H,4,7,9,20H2,1H3,(H,21,25). The van der Waals surface area contributed by atoms with E-state index in [1.54, 1.807) is 11.3 Å². The molecule has 2 heterocycles. The van der Waals surface area contributed by atoms with Gasteiger partial charge in [-0.15, -0.1) is 21.5 Å². The lowest BCUT2D eigenvalue weighted by Crippen LogP contribution is -2.36. The Morgan fingerprint density at radius 2 is 2.19 bits per heavy atom. The van der Waals surface area contributed by atoms with Gasteiger partial charge in [0.05, 0.1) is 16.2 Å². The zero-order chi connectivity index (χ0) is 18.8. The Morgan fingerprint density at radius 1 is 1.33 bits per heavy atom. The molecule has 1 amide bonds. The van der Waals surface area contributed by atoms with Crippen molar-refractivity contribution in [3.63, 3.8) is 0 Å². The average Bonchev–Trinajstić information content (AvgIpc) is 3.32. The molecule has 140 valence electrons. The first-order chi connectivity index (χ1) is 13.1. The summed E-state index contributed by atoms with van der Waals surface area (Å²) in [7, 11) is 0. The SMILES string of the molecule is CC(Sc1nnc(-c2cccs2)n1N)C(=O)NC1CCCc2ccccc21. The Balaban J connectivity index is 1.44. The molecule has 1 aliphatic carbocycles. The molecule has 0 aliphatic heterocycles.